The fourth-order valence-corrected chi connectivity index (χ4v) is 2.76. The highest BCUT2D eigenvalue weighted by Crippen LogP contribution is 2.24. The van der Waals surface area contributed by atoms with Gasteiger partial charge in [0, 0.05) is 5.56 Å². The van der Waals surface area contributed by atoms with Crippen LogP contribution in [0.4, 0.5) is 0 Å². The maximum atomic E-state index is 12.4. The minimum Gasteiger partial charge on any atom is -0.424 e. The molecule has 0 radical (unpaired) electrons. The fourth-order valence-electron chi connectivity index (χ4n) is 2.76. The van der Waals surface area contributed by atoms with Crippen LogP contribution in [-0.4, -0.2) is 28.7 Å². The number of ketones is 2. The van der Waals surface area contributed by atoms with E-state index >= 15 is 0 Å². The molecule has 0 fully saturated rings. The Morgan fingerprint density at radius 1 is 0.846 bits per heavy atom. The molecule has 0 amide bonds. The molecule has 3 aromatic rings. The van der Waals surface area contributed by atoms with Crippen molar-refractivity contribution >= 4 is 40.2 Å². The van der Waals surface area contributed by atoms with Gasteiger partial charge in [-0.25, -0.2) is 0 Å². The molecule has 0 aliphatic heterocycles. The molecule has 26 heavy (non-hydrogen) atoms. The number of carbonyl (C=O) groups excluding carboxylic acids is 2. The van der Waals surface area contributed by atoms with Gasteiger partial charge in [-0.05, 0) is 45.8 Å². The molecule has 3 aromatic carbocycles. The van der Waals surface area contributed by atoms with Crippen LogP contribution in [0.3, 0.4) is 0 Å². The molecule has 0 heterocycles. The molecule has 0 aliphatic rings. The highest BCUT2D eigenvalue weighted by molar-refractivity contribution is 6.47. The van der Waals surface area contributed by atoms with Crippen molar-refractivity contribution in [2.24, 2.45) is 0 Å². The van der Waals surface area contributed by atoms with Gasteiger partial charge in [0.05, 0.1) is 6.42 Å². The van der Waals surface area contributed by atoms with Gasteiger partial charge in [-0.2, -0.15) is 0 Å². The lowest BCUT2D eigenvalue weighted by Crippen LogP contribution is -2.06. The van der Waals surface area contributed by atoms with Crippen molar-refractivity contribution in [1.29, 1.82) is 0 Å². The first-order chi connectivity index (χ1) is 12.5. The summed E-state index contributed by atoms with van der Waals surface area (Å²) in [4.78, 5) is 24.2. The Morgan fingerprint density at radius 2 is 1.50 bits per heavy atom. The van der Waals surface area contributed by atoms with Gasteiger partial charge in [-0.15, -0.1) is 0 Å². The Morgan fingerprint density at radius 3 is 2.19 bits per heavy atom. The van der Waals surface area contributed by atoms with E-state index in [9.17, 15) is 9.59 Å². The molecule has 0 aliphatic carbocycles. The number of rotatable bonds is 6. The van der Waals surface area contributed by atoms with E-state index in [1.165, 1.54) is 18.2 Å². The highest BCUT2D eigenvalue weighted by atomic mass is 16.4. The van der Waals surface area contributed by atoms with Crippen LogP contribution in [0.5, 0.6) is 0 Å². The van der Waals surface area contributed by atoms with E-state index in [-0.39, 0.29) is 18.0 Å². The summed E-state index contributed by atoms with van der Waals surface area (Å²) in [6.45, 7) is 0. The van der Waals surface area contributed by atoms with Crippen LogP contribution in [0, 0.1) is 0 Å². The van der Waals surface area contributed by atoms with E-state index < -0.39 is 7.12 Å². The van der Waals surface area contributed by atoms with Crippen molar-refractivity contribution < 1.29 is 19.6 Å². The van der Waals surface area contributed by atoms with Gasteiger partial charge in [-0.1, -0.05) is 54.5 Å². The monoisotopic (exact) mass is 344 g/mol. The number of hydrogen-bond acceptors (Lipinski definition) is 4. The molecule has 0 saturated carbocycles. The van der Waals surface area contributed by atoms with E-state index in [0.717, 1.165) is 27.5 Å². The van der Waals surface area contributed by atoms with Crippen molar-refractivity contribution in [3.05, 3.63) is 84.4 Å². The smallest absolute Gasteiger partial charge is 0.424 e. The van der Waals surface area contributed by atoms with E-state index in [4.69, 9.17) is 10.0 Å². The maximum absolute atomic E-state index is 12.4. The molecule has 0 atom stereocenters. The summed E-state index contributed by atoms with van der Waals surface area (Å²) >= 11 is 0. The molecule has 0 aromatic heterocycles. The van der Waals surface area contributed by atoms with Gasteiger partial charge in [0.25, 0.3) is 0 Å². The molecule has 4 nitrogen and oxygen atoms in total. The van der Waals surface area contributed by atoms with E-state index in [0.29, 0.717) is 5.56 Å². The zero-order valence-electron chi connectivity index (χ0n) is 14.0. The summed E-state index contributed by atoms with van der Waals surface area (Å²) in [6.07, 6.45) is 3.73. The van der Waals surface area contributed by atoms with Crippen molar-refractivity contribution in [2.75, 3.05) is 0 Å². The van der Waals surface area contributed by atoms with Crippen LogP contribution in [0.25, 0.3) is 21.5 Å². The Labute approximate surface area is 151 Å². The van der Waals surface area contributed by atoms with E-state index in [1.54, 1.807) is 6.07 Å². The van der Waals surface area contributed by atoms with Gasteiger partial charge in [-0.3, -0.25) is 9.59 Å². The Hall–Kier alpha value is -3.02. The Balaban J connectivity index is 1.78. The first-order valence-electron chi connectivity index (χ1n) is 8.22. The van der Waals surface area contributed by atoms with Crippen molar-refractivity contribution in [3.63, 3.8) is 0 Å². The second-order valence-electron chi connectivity index (χ2n) is 5.99. The van der Waals surface area contributed by atoms with Crippen LogP contribution in [0.2, 0.25) is 0 Å². The second kappa shape index (κ2) is 7.91. The topological polar surface area (TPSA) is 74.6 Å². The van der Waals surface area contributed by atoms with E-state index in [2.05, 4.69) is 6.07 Å². The molecular weight excluding hydrogens is 327 g/mol. The lowest BCUT2D eigenvalue weighted by Gasteiger charge is -2.05. The summed E-state index contributed by atoms with van der Waals surface area (Å²) in [5, 5.41) is 21.6. The van der Waals surface area contributed by atoms with Crippen molar-refractivity contribution in [1.82, 2.24) is 0 Å². The predicted molar refractivity (Wildman–Crippen MR) is 104 cm³/mol. The highest BCUT2D eigenvalue weighted by Gasteiger charge is 2.10. The molecule has 3 rings (SSSR count). The van der Waals surface area contributed by atoms with Crippen LogP contribution in [0.15, 0.2) is 78.8 Å². The van der Waals surface area contributed by atoms with Crippen LogP contribution < -0.4 is 0 Å². The largest absolute Gasteiger partial charge is 0.480 e. The van der Waals surface area contributed by atoms with Gasteiger partial charge in [0.15, 0.2) is 11.6 Å². The summed E-state index contributed by atoms with van der Waals surface area (Å²) < 4.78 is 0. The lowest BCUT2D eigenvalue weighted by molar-refractivity contribution is -0.113. The SMILES string of the molecule is O=C(C=CC=CB(O)O)CC(=O)c1ccc2cc3ccccc3cc2c1. The van der Waals surface area contributed by atoms with Crippen molar-refractivity contribution in [2.45, 2.75) is 6.42 Å². The Kier molecular flexibility index (Phi) is 5.41. The number of benzene rings is 3. The predicted octanol–water partition coefficient (Wildman–Crippen LogP) is 3.26. The summed E-state index contributed by atoms with van der Waals surface area (Å²) in [6, 6.07) is 17.6. The van der Waals surface area contributed by atoms with E-state index in [1.807, 2.05) is 42.5 Å². The molecule has 0 unspecified atom stereocenters. The molecular formula is C21H17BO4. The zero-order valence-corrected chi connectivity index (χ0v) is 14.0. The third kappa shape index (κ3) is 4.33. The fraction of sp³-hybridized carbons (Fsp3) is 0.0476. The van der Waals surface area contributed by atoms with Crippen LogP contribution >= 0.6 is 0 Å². The first kappa shape index (κ1) is 17.8. The average Bonchev–Trinajstić information content (AvgIpc) is 2.62. The number of fused-ring (bicyclic) bond motifs is 2. The van der Waals surface area contributed by atoms with Gasteiger partial charge in [0.1, 0.15) is 0 Å². The van der Waals surface area contributed by atoms with Crippen LogP contribution in [-0.2, 0) is 4.79 Å². The quantitative estimate of drug-likeness (QED) is 0.180. The third-order valence-corrected chi connectivity index (χ3v) is 4.04. The minimum atomic E-state index is -1.56. The first-order valence-corrected chi connectivity index (χ1v) is 8.22. The molecule has 0 saturated heterocycles. The number of carbonyl (C=O) groups is 2. The molecule has 5 heteroatoms. The Bertz CT molecular complexity index is 1030. The molecule has 128 valence electrons. The summed E-state index contributed by atoms with van der Waals surface area (Å²) in [7, 11) is -1.56. The molecule has 0 bridgehead atoms. The molecule has 0 spiro atoms. The van der Waals surface area contributed by atoms with Gasteiger partial charge >= 0.3 is 7.12 Å². The number of Topliss-reactive ketones (excluding diaryl/α,β-unsaturated/α-hetero) is 1. The average molecular weight is 344 g/mol. The lowest BCUT2D eigenvalue weighted by atomic mass is 9.92. The van der Waals surface area contributed by atoms with Gasteiger partial charge in [0.2, 0.25) is 0 Å². The normalized spacial score (nSPS) is 11.6. The van der Waals surface area contributed by atoms with Crippen LogP contribution in [0.1, 0.15) is 16.8 Å². The number of hydrogen-bond donors (Lipinski definition) is 2. The maximum Gasteiger partial charge on any atom is 0.480 e. The second-order valence-corrected chi connectivity index (χ2v) is 5.99. The zero-order chi connectivity index (χ0) is 18.5. The summed E-state index contributed by atoms with van der Waals surface area (Å²) in [5.74, 6) is 0.519. The minimum absolute atomic E-state index is 0.231. The summed E-state index contributed by atoms with van der Waals surface area (Å²) in [5.41, 5.74) is 0.496. The third-order valence-electron chi connectivity index (χ3n) is 4.04. The van der Waals surface area contributed by atoms with Gasteiger partial charge < -0.3 is 10.0 Å². The molecule has 2 N–H and O–H groups in total. The van der Waals surface area contributed by atoms with Crippen molar-refractivity contribution in [3.8, 4) is 0 Å². The number of allylic oxidation sites excluding steroid dienone is 3. The standard InChI is InChI=1S/C21H17BO4/c23-20(7-3-4-10-22(25)26)14-21(24)18-9-8-17-11-15-5-1-2-6-16(15)12-19(17)13-18/h1-13,25-26H,14H2.